The van der Waals surface area contributed by atoms with Gasteiger partial charge >= 0.3 is 0 Å². The predicted molar refractivity (Wildman–Crippen MR) is 82.1 cm³/mol. The molecule has 5 heteroatoms. The Morgan fingerprint density at radius 2 is 2.00 bits per heavy atom. The van der Waals surface area contributed by atoms with E-state index in [1.165, 1.54) is 5.56 Å². The second kappa shape index (κ2) is 5.63. The first-order valence-corrected chi connectivity index (χ1v) is 6.71. The standard InChI is InChI=1S/C16H15N5/c1-12-19-15-14(11-18-21(15)16(17-2)20-12)10-6-9-13-7-4-3-5-8-13/h3-5,7-8,11H,9H2,1-2H3,(H,17,19,20). The molecular formula is C16H15N5. The van der Waals surface area contributed by atoms with E-state index in [4.69, 9.17) is 0 Å². The quantitative estimate of drug-likeness (QED) is 0.729. The van der Waals surface area contributed by atoms with Crippen LogP contribution in [0.5, 0.6) is 0 Å². The minimum absolute atomic E-state index is 0.661. The molecule has 3 aromatic rings. The lowest BCUT2D eigenvalue weighted by molar-refractivity contribution is 0.877. The third-order valence-corrected chi connectivity index (χ3v) is 3.06. The Hall–Kier alpha value is -2.87. The van der Waals surface area contributed by atoms with Gasteiger partial charge in [-0.15, -0.1) is 0 Å². The van der Waals surface area contributed by atoms with E-state index in [0.29, 0.717) is 18.2 Å². The van der Waals surface area contributed by atoms with Gasteiger partial charge in [-0.1, -0.05) is 42.2 Å². The molecule has 0 atom stereocenters. The van der Waals surface area contributed by atoms with Crippen molar-refractivity contribution in [3.8, 4) is 11.8 Å². The Morgan fingerprint density at radius 3 is 2.76 bits per heavy atom. The van der Waals surface area contributed by atoms with E-state index in [2.05, 4.69) is 44.4 Å². The zero-order chi connectivity index (χ0) is 14.7. The molecule has 3 rings (SSSR count). The van der Waals surface area contributed by atoms with Gasteiger partial charge in [0.25, 0.3) is 0 Å². The number of benzene rings is 1. The van der Waals surface area contributed by atoms with Crippen molar-refractivity contribution >= 4 is 11.6 Å². The molecule has 0 aliphatic carbocycles. The molecule has 0 amide bonds. The summed E-state index contributed by atoms with van der Waals surface area (Å²) < 4.78 is 1.67. The van der Waals surface area contributed by atoms with Gasteiger partial charge in [0.15, 0.2) is 5.65 Å². The average molecular weight is 277 g/mol. The molecule has 0 aliphatic heterocycles. The van der Waals surface area contributed by atoms with Crippen LogP contribution in [0.2, 0.25) is 0 Å². The van der Waals surface area contributed by atoms with E-state index in [0.717, 1.165) is 11.2 Å². The smallest absolute Gasteiger partial charge is 0.227 e. The van der Waals surface area contributed by atoms with Crippen molar-refractivity contribution in [1.29, 1.82) is 0 Å². The molecule has 0 aliphatic rings. The molecule has 21 heavy (non-hydrogen) atoms. The van der Waals surface area contributed by atoms with Crippen molar-refractivity contribution < 1.29 is 0 Å². The van der Waals surface area contributed by atoms with E-state index in [1.807, 2.05) is 32.2 Å². The van der Waals surface area contributed by atoms with Gasteiger partial charge in [0.05, 0.1) is 11.8 Å². The van der Waals surface area contributed by atoms with Crippen LogP contribution in [0.3, 0.4) is 0 Å². The largest absolute Gasteiger partial charge is 0.357 e. The molecule has 1 aromatic carbocycles. The minimum Gasteiger partial charge on any atom is -0.357 e. The highest BCUT2D eigenvalue weighted by molar-refractivity contribution is 5.58. The molecule has 0 fully saturated rings. The highest BCUT2D eigenvalue weighted by atomic mass is 15.3. The van der Waals surface area contributed by atoms with E-state index in [9.17, 15) is 0 Å². The summed E-state index contributed by atoms with van der Waals surface area (Å²) in [5.74, 6) is 7.67. The van der Waals surface area contributed by atoms with E-state index >= 15 is 0 Å². The number of aromatic nitrogens is 4. The zero-order valence-corrected chi connectivity index (χ0v) is 12.0. The molecule has 2 aromatic heterocycles. The molecule has 0 bridgehead atoms. The van der Waals surface area contributed by atoms with Crippen LogP contribution < -0.4 is 5.32 Å². The lowest BCUT2D eigenvalue weighted by atomic mass is 10.1. The number of nitrogens with zero attached hydrogens (tertiary/aromatic N) is 4. The second-order valence-electron chi connectivity index (χ2n) is 4.60. The highest BCUT2D eigenvalue weighted by Gasteiger charge is 2.08. The first-order valence-electron chi connectivity index (χ1n) is 6.71. The van der Waals surface area contributed by atoms with Crippen LogP contribution in [0, 0.1) is 18.8 Å². The van der Waals surface area contributed by atoms with Crippen LogP contribution in [-0.2, 0) is 6.42 Å². The number of nitrogens with one attached hydrogen (secondary N) is 1. The third kappa shape index (κ3) is 2.70. The molecule has 2 heterocycles. The molecule has 0 spiro atoms. The van der Waals surface area contributed by atoms with Crippen LogP contribution in [-0.4, -0.2) is 26.6 Å². The summed E-state index contributed by atoms with van der Waals surface area (Å²) >= 11 is 0. The van der Waals surface area contributed by atoms with Crippen molar-refractivity contribution in [3.05, 3.63) is 53.5 Å². The molecule has 5 nitrogen and oxygen atoms in total. The SMILES string of the molecule is CNc1nc(C)nc2c(C#CCc3ccccc3)cnn12. The monoisotopic (exact) mass is 277 g/mol. The average Bonchev–Trinajstić information content (AvgIpc) is 2.90. The summed E-state index contributed by atoms with van der Waals surface area (Å²) in [6, 6.07) is 10.2. The van der Waals surface area contributed by atoms with Crippen LogP contribution in [0.15, 0.2) is 36.5 Å². The Labute approximate surface area is 123 Å². The van der Waals surface area contributed by atoms with Gasteiger partial charge in [0.2, 0.25) is 5.95 Å². The Balaban J connectivity index is 1.94. The topological polar surface area (TPSA) is 55.1 Å². The van der Waals surface area contributed by atoms with Gasteiger partial charge in [-0.2, -0.15) is 14.6 Å². The number of aryl methyl sites for hydroxylation is 1. The molecular weight excluding hydrogens is 262 g/mol. The summed E-state index contributed by atoms with van der Waals surface area (Å²) in [7, 11) is 1.81. The number of anilines is 1. The first-order chi connectivity index (χ1) is 10.3. The van der Waals surface area contributed by atoms with E-state index < -0.39 is 0 Å². The van der Waals surface area contributed by atoms with Crippen molar-refractivity contribution in [2.24, 2.45) is 0 Å². The van der Waals surface area contributed by atoms with E-state index in [-0.39, 0.29) is 0 Å². The van der Waals surface area contributed by atoms with E-state index in [1.54, 1.807) is 10.7 Å². The Morgan fingerprint density at radius 1 is 1.19 bits per heavy atom. The fourth-order valence-electron chi connectivity index (χ4n) is 2.07. The molecule has 0 radical (unpaired) electrons. The summed E-state index contributed by atoms with van der Waals surface area (Å²) in [5.41, 5.74) is 2.74. The molecule has 0 saturated carbocycles. The summed E-state index contributed by atoms with van der Waals surface area (Å²) in [6.45, 7) is 1.86. The molecule has 1 N–H and O–H groups in total. The van der Waals surface area contributed by atoms with Gasteiger partial charge in [0.1, 0.15) is 5.82 Å². The normalized spacial score (nSPS) is 10.2. The van der Waals surface area contributed by atoms with Crippen molar-refractivity contribution in [3.63, 3.8) is 0 Å². The number of rotatable bonds is 2. The third-order valence-electron chi connectivity index (χ3n) is 3.06. The van der Waals surface area contributed by atoms with Gasteiger partial charge in [0, 0.05) is 13.5 Å². The lowest BCUT2D eigenvalue weighted by Gasteiger charge is -2.02. The predicted octanol–water partition coefficient (Wildman–Crippen LogP) is 2.07. The van der Waals surface area contributed by atoms with Crippen molar-refractivity contribution in [2.45, 2.75) is 13.3 Å². The Kier molecular flexibility index (Phi) is 3.52. The maximum absolute atomic E-state index is 4.42. The summed E-state index contributed by atoms with van der Waals surface area (Å²) in [5, 5.41) is 7.29. The fraction of sp³-hybridized carbons (Fsp3) is 0.188. The number of hydrogen-bond donors (Lipinski definition) is 1. The van der Waals surface area contributed by atoms with Crippen molar-refractivity contribution in [1.82, 2.24) is 19.6 Å². The van der Waals surface area contributed by atoms with Gasteiger partial charge < -0.3 is 5.32 Å². The fourth-order valence-corrected chi connectivity index (χ4v) is 2.07. The van der Waals surface area contributed by atoms with Crippen LogP contribution >= 0.6 is 0 Å². The number of hydrogen-bond acceptors (Lipinski definition) is 4. The van der Waals surface area contributed by atoms with Crippen molar-refractivity contribution in [2.75, 3.05) is 12.4 Å². The Bertz CT molecular complexity index is 824. The minimum atomic E-state index is 0.661. The van der Waals surface area contributed by atoms with Gasteiger partial charge in [-0.05, 0) is 12.5 Å². The maximum Gasteiger partial charge on any atom is 0.227 e. The maximum atomic E-state index is 4.42. The summed E-state index contributed by atoms with van der Waals surface area (Å²) in [6.07, 6.45) is 2.43. The zero-order valence-electron chi connectivity index (χ0n) is 12.0. The van der Waals surface area contributed by atoms with Gasteiger partial charge in [-0.25, -0.2) is 4.98 Å². The van der Waals surface area contributed by atoms with Crippen LogP contribution in [0.4, 0.5) is 5.95 Å². The van der Waals surface area contributed by atoms with Crippen LogP contribution in [0.25, 0.3) is 5.65 Å². The first kappa shape index (κ1) is 13.1. The van der Waals surface area contributed by atoms with Gasteiger partial charge in [-0.3, -0.25) is 0 Å². The lowest BCUT2D eigenvalue weighted by Crippen LogP contribution is -2.05. The summed E-state index contributed by atoms with van der Waals surface area (Å²) in [4.78, 5) is 8.71. The molecule has 0 saturated heterocycles. The highest BCUT2D eigenvalue weighted by Crippen LogP contribution is 2.11. The molecule has 104 valence electrons. The molecule has 0 unspecified atom stereocenters. The van der Waals surface area contributed by atoms with Crippen LogP contribution in [0.1, 0.15) is 17.0 Å². The number of fused-ring (bicyclic) bond motifs is 1. The second-order valence-corrected chi connectivity index (χ2v) is 4.60.